The maximum Gasteiger partial charge on any atom is 0.217 e. The largest absolute Gasteiger partial charge is 0.398 e. The van der Waals surface area contributed by atoms with E-state index in [0.29, 0.717) is 24.1 Å². The van der Waals surface area contributed by atoms with E-state index in [-0.39, 0.29) is 11.7 Å². The Balaban J connectivity index is 2.82. The van der Waals surface area contributed by atoms with Gasteiger partial charge in [-0.2, -0.15) is 0 Å². The fourth-order valence-corrected chi connectivity index (χ4v) is 1.36. The summed E-state index contributed by atoms with van der Waals surface area (Å²) in [7, 11) is 0. The number of nitrogens with two attached hydrogens (primary N) is 2. The van der Waals surface area contributed by atoms with Gasteiger partial charge in [-0.05, 0) is 31.0 Å². The van der Waals surface area contributed by atoms with Crippen LogP contribution in [0.4, 0.5) is 5.69 Å². The Kier molecular flexibility index (Phi) is 3.44. The van der Waals surface area contributed by atoms with Gasteiger partial charge in [0.25, 0.3) is 0 Å². The molecule has 1 aromatic rings. The number of hydrogen-bond acceptors (Lipinski definition) is 3. The van der Waals surface area contributed by atoms with Crippen molar-refractivity contribution >= 4 is 17.4 Å². The van der Waals surface area contributed by atoms with Gasteiger partial charge in [0.05, 0.1) is 0 Å². The highest BCUT2D eigenvalue weighted by Gasteiger charge is 2.05. The molecular weight excluding hydrogens is 192 g/mol. The topological polar surface area (TPSA) is 86.2 Å². The molecule has 0 aliphatic heterocycles. The minimum atomic E-state index is -0.343. The summed E-state index contributed by atoms with van der Waals surface area (Å²) in [5.41, 5.74) is 12.6. The van der Waals surface area contributed by atoms with Crippen LogP contribution in [0.15, 0.2) is 18.2 Å². The number of carbonyl (C=O) groups is 2. The van der Waals surface area contributed by atoms with Gasteiger partial charge in [0.15, 0.2) is 5.78 Å². The zero-order valence-corrected chi connectivity index (χ0v) is 8.62. The molecule has 0 spiro atoms. The first kappa shape index (κ1) is 11.2. The van der Waals surface area contributed by atoms with Gasteiger partial charge in [0, 0.05) is 17.7 Å². The van der Waals surface area contributed by atoms with Crippen LogP contribution in [0.2, 0.25) is 0 Å². The highest BCUT2D eigenvalue weighted by Crippen LogP contribution is 2.15. The number of carbonyl (C=O) groups excluding carboxylic acids is 2. The van der Waals surface area contributed by atoms with Crippen LogP contribution in [-0.2, 0) is 11.2 Å². The predicted molar refractivity (Wildman–Crippen MR) is 58.4 cm³/mol. The molecule has 0 aliphatic rings. The van der Waals surface area contributed by atoms with E-state index in [1.807, 2.05) is 0 Å². The number of Topliss-reactive ketones (excluding diaryl/α,β-unsaturated/α-hetero) is 1. The second-order valence-corrected chi connectivity index (χ2v) is 3.44. The Morgan fingerprint density at radius 1 is 1.33 bits per heavy atom. The maximum atomic E-state index is 11.1. The van der Waals surface area contributed by atoms with Crippen LogP contribution in [0, 0.1) is 0 Å². The van der Waals surface area contributed by atoms with Crippen molar-refractivity contribution in [2.45, 2.75) is 19.8 Å². The highest BCUT2D eigenvalue weighted by molar-refractivity contribution is 5.99. The second kappa shape index (κ2) is 4.59. The lowest BCUT2D eigenvalue weighted by molar-refractivity contribution is -0.117. The minimum absolute atomic E-state index is 0.0612. The van der Waals surface area contributed by atoms with E-state index in [4.69, 9.17) is 11.5 Å². The van der Waals surface area contributed by atoms with Gasteiger partial charge in [-0.25, -0.2) is 0 Å². The third-order valence-corrected chi connectivity index (χ3v) is 2.16. The lowest BCUT2D eigenvalue weighted by Crippen LogP contribution is -2.11. The molecule has 1 rings (SSSR count). The fraction of sp³-hybridized carbons (Fsp3) is 0.273. The van der Waals surface area contributed by atoms with Crippen molar-refractivity contribution in [1.82, 2.24) is 0 Å². The van der Waals surface area contributed by atoms with Crippen LogP contribution >= 0.6 is 0 Å². The fourth-order valence-electron chi connectivity index (χ4n) is 1.36. The number of primary amides is 1. The van der Waals surface area contributed by atoms with Gasteiger partial charge in [-0.3, -0.25) is 9.59 Å². The molecule has 15 heavy (non-hydrogen) atoms. The molecule has 80 valence electrons. The van der Waals surface area contributed by atoms with Crippen LogP contribution < -0.4 is 11.5 Å². The number of amides is 1. The van der Waals surface area contributed by atoms with E-state index in [9.17, 15) is 9.59 Å². The summed E-state index contributed by atoms with van der Waals surface area (Å²) >= 11 is 0. The first-order chi connectivity index (χ1) is 7.00. The van der Waals surface area contributed by atoms with Gasteiger partial charge < -0.3 is 11.5 Å². The van der Waals surface area contributed by atoms with Gasteiger partial charge in [0.1, 0.15) is 0 Å². The van der Waals surface area contributed by atoms with E-state index in [0.717, 1.165) is 5.56 Å². The van der Waals surface area contributed by atoms with Gasteiger partial charge in [0.2, 0.25) is 5.91 Å². The summed E-state index contributed by atoms with van der Waals surface area (Å²) in [5.74, 6) is -0.404. The van der Waals surface area contributed by atoms with Crippen molar-refractivity contribution in [3.8, 4) is 0 Å². The lowest BCUT2D eigenvalue weighted by Gasteiger charge is -2.04. The second-order valence-electron chi connectivity index (χ2n) is 3.44. The van der Waals surface area contributed by atoms with E-state index in [1.54, 1.807) is 18.2 Å². The maximum absolute atomic E-state index is 11.1. The molecule has 0 aliphatic carbocycles. The van der Waals surface area contributed by atoms with E-state index in [1.165, 1.54) is 6.92 Å². The first-order valence-corrected chi connectivity index (χ1v) is 4.68. The number of ketones is 1. The minimum Gasteiger partial charge on any atom is -0.398 e. The highest BCUT2D eigenvalue weighted by atomic mass is 16.1. The number of benzene rings is 1. The zero-order valence-electron chi connectivity index (χ0n) is 8.62. The molecule has 1 aromatic carbocycles. The molecule has 0 atom stereocenters. The van der Waals surface area contributed by atoms with Crippen LogP contribution in [0.1, 0.15) is 29.3 Å². The third-order valence-electron chi connectivity index (χ3n) is 2.16. The number of aryl methyl sites for hydroxylation is 1. The van der Waals surface area contributed by atoms with Crippen molar-refractivity contribution in [1.29, 1.82) is 0 Å². The van der Waals surface area contributed by atoms with Crippen LogP contribution in [-0.4, -0.2) is 11.7 Å². The molecule has 0 saturated carbocycles. The number of anilines is 1. The Labute approximate surface area is 88.3 Å². The summed E-state index contributed by atoms with van der Waals surface area (Å²) < 4.78 is 0. The molecule has 0 heterocycles. The first-order valence-electron chi connectivity index (χ1n) is 4.68. The monoisotopic (exact) mass is 206 g/mol. The third kappa shape index (κ3) is 3.09. The summed E-state index contributed by atoms with van der Waals surface area (Å²) in [6.45, 7) is 1.47. The van der Waals surface area contributed by atoms with Crippen LogP contribution in [0.5, 0.6) is 0 Å². The van der Waals surface area contributed by atoms with Crippen molar-refractivity contribution in [2.75, 3.05) is 5.73 Å². The average Bonchev–Trinajstić information content (AvgIpc) is 2.14. The molecule has 4 N–H and O–H groups in total. The van der Waals surface area contributed by atoms with Crippen LogP contribution in [0.3, 0.4) is 0 Å². The molecule has 0 unspecified atom stereocenters. The molecule has 0 bridgehead atoms. The molecule has 4 heteroatoms. The quantitative estimate of drug-likeness (QED) is 0.566. The van der Waals surface area contributed by atoms with E-state index < -0.39 is 0 Å². The Morgan fingerprint density at radius 3 is 2.47 bits per heavy atom. The van der Waals surface area contributed by atoms with Crippen molar-refractivity contribution in [2.24, 2.45) is 5.73 Å². The van der Waals surface area contributed by atoms with Gasteiger partial charge in [-0.15, -0.1) is 0 Å². The summed E-state index contributed by atoms with van der Waals surface area (Å²) in [6.07, 6.45) is 0.844. The molecule has 1 amide bonds. The standard InChI is InChI=1S/C11H14N2O2/c1-7(14)9-4-2-8(6-10(9)12)3-5-11(13)15/h2,4,6H,3,5,12H2,1H3,(H2,13,15). The lowest BCUT2D eigenvalue weighted by atomic mass is 10.0. The summed E-state index contributed by atoms with van der Waals surface area (Å²) in [4.78, 5) is 21.7. The molecular formula is C11H14N2O2. The molecule has 0 aromatic heterocycles. The summed E-state index contributed by atoms with van der Waals surface area (Å²) in [6, 6.07) is 5.17. The molecule has 0 saturated heterocycles. The summed E-state index contributed by atoms with van der Waals surface area (Å²) in [5, 5.41) is 0. The van der Waals surface area contributed by atoms with Crippen molar-refractivity contribution in [3.63, 3.8) is 0 Å². The molecule has 0 radical (unpaired) electrons. The van der Waals surface area contributed by atoms with Crippen molar-refractivity contribution in [3.05, 3.63) is 29.3 Å². The SMILES string of the molecule is CC(=O)c1ccc(CCC(N)=O)cc1N. The van der Waals surface area contributed by atoms with Crippen molar-refractivity contribution < 1.29 is 9.59 Å². The smallest absolute Gasteiger partial charge is 0.217 e. The average molecular weight is 206 g/mol. The predicted octanol–water partition coefficient (Wildman–Crippen LogP) is 0.889. The van der Waals surface area contributed by atoms with E-state index in [2.05, 4.69) is 0 Å². The molecule has 0 fully saturated rings. The zero-order chi connectivity index (χ0) is 11.4. The normalized spacial score (nSPS) is 9.93. The van der Waals surface area contributed by atoms with E-state index >= 15 is 0 Å². The Bertz CT molecular complexity index is 400. The Hall–Kier alpha value is -1.84. The number of rotatable bonds is 4. The number of nitrogen functional groups attached to an aromatic ring is 1. The Morgan fingerprint density at radius 2 is 2.00 bits per heavy atom. The van der Waals surface area contributed by atoms with Crippen LogP contribution in [0.25, 0.3) is 0 Å². The van der Waals surface area contributed by atoms with Gasteiger partial charge in [-0.1, -0.05) is 6.07 Å². The van der Waals surface area contributed by atoms with Gasteiger partial charge >= 0.3 is 0 Å². The molecule has 4 nitrogen and oxygen atoms in total. The number of hydrogen-bond donors (Lipinski definition) is 2.